The molecule has 2 nitrogen and oxygen atoms in total. The number of hydrogen-bond acceptors (Lipinski definition) is 1. The van der Waals surface area contributed by atoms with E-state index in [1.54, 1.807) is 12.1 Å². The molecule has 0 aromatic heterocycles. The molecule has 3 aromatic rings. The molecule has 0 atom stereocenters. The van der Waals surface area contributed by atoms with Crippen LogP contribution in [0.5, 0.6) is 0 Å². The van der Waals surface area contributed by atoms with E-state index in [0.717, 1.165) is 16.7 Å². The summed E-state index contributed by atoms with van der Waals surface area (Å²) in [4.78, 5) is 12.2. The fraction of sp³-hybridized carbons (Fsp3) is 0.0455. The highest BCUT2D eigenvalue weighted by Gasteiger charge is 2.04. The van der Waals surface area contributed by atoms with E-state index in [1.165, 1.54) is 0 Å². The van der Waals surface area contributed by atoms with Gasteiger partial charge in [-0.3, -0.25) is 4.79 Å². The van der Waals surface area contributed by atoms with E-state index in [4.69, 9.17) is 0 Å². The van der Waals surface area contributed by atoms with Crippen LogP contribution >= 0.6 is 0 Å². The van der Waals surface area contributed by atoms with Crippen LogP contribution in [0.2, 0.25) is 0 Å². The Balaban J connectivity index is 1.62. The van der Waals surface area contributed by atoms with Crippen LogP contribution in [0.25, 0.3) is 0 Å². The molecule has 0 spiro atoms. The molecule has 0 aliphatic rings. The average Bonchev–Trinajstić information content (AvgIpc) is 2.66. The second-order valence-electron chi connectivity index (χ2n) is 5.36. The Morgan fingerprint density at radius 1 is 0.708 bits per heavy atom. The van der Waals surface area contributed by atoms with Crippen molar-refractivity contribution in [1.29, 1.82) is 0 Å². The Labute approximate surface area is 142 Å². The number of carbonyl (C=O) groups excluding carboxylic acids is 1. The van der Waals surface area contributed by atoms with E-state index < -0.39 is 0 Å². The monoisotopic (exact) mass is 311 g/mol. The van der Waals surface area contributed by atoms with E-state index in [1.807, 2.05) is 72.8 Å². The zero-order valence-corrected chi connectivity index (χ0v) is 13.2. The van der Waals surface area contributed by atoms with Gasteiger partial charge < -0.3 is 5.32 Å². The smallest absolute Gasteiger partial charge is 0.251 e. The van der Waals surface area contributed by atoms with Crippen molar-refractivity contribution in [1.82, 2.24) is 5.32 Å². The van der Waals surface area contributed by atoms with Gasteiger partial charge in [-0.15, -0.1) is 0 Å². The Bertz CT molecular complexity index is 857. The lowest BCUT2D eigenvalue weighted by Crippen LogP contribution is -2.22. The van der Waals surface area contributed by atoms with Crippen LogP contribution in [0.3, 0.4) is 0 Å². The fourth-order valence-corrected chi connectivity index (χ4v) is 2.25. The second kappa shape index (κ2) is 7.80. The molecule has 0 fully saturated rings. The summed E-state index contributed by atoms with van der Waals surface area (Å²) < 4.78 is 0. The minimum atomic E-state index is -0.0820. The van der Waals surface area contributed by atoms with Gasteiger partial charge in [-0.25, -0.2) is 0 Å². The van der Waals surface area contributed by atoms with Crippen LogP contribution in [0.15, 0.2) is 84.9 Å². The Hall–Kier alpha value is -3.31. The number of amides is 1. The van der Waals surface area contributed by atoms with Crippen molar-refractivity contribution in [2.24, 2.45) is 0 Å². The highest BCUT2D eigenvalue weighted by Crippen LogP contribution is 2.05. The zero-order valence-electron chi connectivity index (χ0n) is 13.2. The number of rotatable bonds is 3. The van der Waals surface area contributed by atoms with E-state index in [-0.39, 0.29) is 5.91 Å². The third kappa shape index (κ3) is 4.34. The normalized spacial score (nSPS) is 9.67. The first kappa shape index (κ1) is 15.6. The van der Waals surface area contributed by atoms with Crippen molar-refractivity contribution >= 4 is 5.91 Å². The van der Waals surface area contributed by atoms with Crippen molar-refractivity contribution in [3.63, 3.8) is 0 Å². The molecule has 0 radical (unpaired) electrons. The molecule has 1 N–H and O–H groups in total. The summed E-state index contributed by atoms with van der Waals surface area (Å²) in [5.74, 6) is 6.13. The molecular weight excluding hydrogens is 294 g/mol. The number of nitrogens with one attached hydrogen (secondary N) is 1. The van der Waals surface area contributed by atoms with E-state index >= 15 is 0 Å². The Kier molecular flexibility index (Phi) is 5.07. The summed E-state index contributed by atoms with van der Waals surface area (Å²) in [6.07, 6.45) is 0. The van der Waals surface area contributed by atoms with Crippen LogP contribution in [-0.2, 0) is 6.54 Å². The maximum absolute atomic E-state index is 12.2. The first-order valence-corrected chi connectivity index (χ1v) is 7.80. The molecule has 0 bridgehead atoms. The molecule has 24 heavy (non-hydrogen) atoms. The molecular formula is C22H17NO. The standard InChI is InChI=1S/C22H17NO/c24-22(23-17-20-9-5-2-6-10-20)21-15-13-19(14-16-21)12-11-18-7-3-1-4-8-18/h1-10,13-16H,17H2,(H,23,24). The summed E-state index contributed by atoms with van der Waals surface area (Å²) in [6, 6.07) is 27.0. The van der Waals surface area contributed by atoms with Crippen molar-refractivity contribution in [3.8, 4) is 11.8 Å². The largest absolute Gasteiger partial charge is 0.348 e. The lowest BCUT2D eigenvalue weighted by molar-refractivity contribution is 0.0951. The van der Waals surface area contributed by atoms with Crippen LogP contribution in [0, 0.1) is 11.8 Å². The third-order valence-corrected chi connectivity index (χ3v) is 3.57. The molecule has 116 valence electrons. The Morgan fingerprint density at radius 3 is 1.88 bits per heavy atom. The highest BCUT2D eigenvalue weighted by molar-refractivity contribution is 5.94. The summed E-state index contributed by atoms with van der Waals surface area (Å²) in [7, 11) is 0. The average molecular weight is 311 g/mol. The highest BCUT2D eigenvalue weighted by atomic mass is 16.1. The Morgan fingerprint density at radius 2 is 1.25 bits per heavy atom. The van der Waals surface area contributed by atoms with Crippen LogP contribution in [-0.4, -0.2) is 5.91 Å². The van der Waals surface area contributed by atoms with Gasteiger partial charge in [0.05, 0.1) is 0 Å². The lowest BCUT2D eigenvalue weighted by atomic mass is 10.1. The van der Waals surface area contributed by atoms with Crippen molar-refractivity contribution < 1.29 is 4.79 Å². The SMILES string of the molecule is O=C(NCc1ccccc1)c1ccc(C#Cc2ccccc2)cc1. The predicted octanol–water partition coefficient (Wildman–Crippen LogP) is 4.02. The summed E-state index contributed by atoms with van der Waals surface area (Å²) in [5.41, 5.74) is 3.58. The van der Waals surface area contributed by atoms with Gasteiger partial charge >= 0.3 is 0 Å². The maximum Gasteiger partial charge on any atom is 0.251 e. The van der Waals surface area contributed by atoms with Gasteiger partial charge in [-0.2, -0.15) is 0 Å². The number of benzene rings is 3. The van der Waals surface area contributed by atoms with Crippen LogP contribution < -0.4 is 5.32 Å². The van der Waals surface area contributed by atoms with Crippen molar-refractivity contribution in [3.05, 3.63) is 107 Å². The van der Waals surface area contributed by atoms with Crippen LogP contribution in [0.1, 0.15) is 27.0 Å². The molecule has 0 unspecified atom stereocenters. The molecule has 3 rings (SSSR count). The minimum absolute atomic E-state index is 0.0820. The minimum Gasteiger partial charge on any atom is -0.348 e. The lowest BCUT2D eigenvalue weighted by Gasteiger charge is -2.05. The van der Waals surface area contributed by atoms with Gasteiger partial charge in [-0.1, -0.05) is 60.4 Å². The van der Waals surface area contributed by atoms with Crippen molar-refractivity contribution in [2.75, 3.05) is 0 Å². The third-order valence-electron chi connectivity index (χ3n) is 3.57. The summed E-state index contributed by atoms with van der Waals surface area (Å²) >= 11 is 0. The van der Waals surface area contributed by atoms with Gasteiger partial charge in [0.2, 0.25) is 0 Å². The van der Waals surface area contributed by atoms with Crippen LogP contribution in [0.4, 0.5) is 0 Å². The second-order valence-corrected chi connectivity index (χ2v) is 5.36. The maximum atomic E-state index is 12.2. The number of carbonyl (C=O) groups is 1. The van der Waals surface area contributed by atoms with Crippen molar-refractivity contribution in [2.45, 2.75) is 6.54 Å². The quantitative estimate of drug-likeness (QED) is 0.727. The zero-order chi connectivity index (χ0) is 16.6. The molecule has 2 heteroatoms. The summed E-state index contributed by atoms with van der Waals surface area (Å²) in [6.45, 7) is 0.523. The van der Waals surface area contributed by atoms with Gasteiger partial charge in [0.15, 0.2) is 0 Å². The van der Waals surface area contributed by atoms with Gasteiger partial charge in [0, 0.05) is 23.2 Å². The molecule has 1 amide bonds. The van der Waals surface area contributed by atoms with E-state index in [2.05, 4.69) is 17.2 Å². The van der Waals surface area contributed by atoms with E-state index in [0.29, 0.717) is 12.1 Å². The summed E-state index contributed by atoms with van der Waals surface area (Å²) in [5, 5.41) is 2.92. The molecule has 3 aromatic carbocycles. The first-order chi connectivity index (χ1) is 11.8. The van der Waals surface area contributed by atoms with E-state index in [9.17, 15) is 4.79 Å². The molecule has 0 aliphatic heterocycles. The molecule has 0 saturated heterocycles. The van der Waals surface area contributed by atoms with Gasteiger partial charge in [0.1, 0.15) is 0 Å². The molecule has 0 saturated carbocycles. The predicted molar refractivity (Wildman–Crippen MR) is 96.5 cm³/mol. The van der Waals surface area contributed by atoms with Gasteiger partial charge in [0.25, 0.3) is 5.91 Å². The first-order valence-electron chi connectivity index (χ1n) is 7.80. The topological polar surface area (TPSA) is 29.1 Å². The fourth-order valence-electron chi connectivity index (χ4n) is 2.25. The molecule has 0 heterocycles. The number of hydrogen-bond donors (Lipinski definition) is 1. The van der Waals surface area contributed by atoms with Gasteiger partial charge in [-0.05, 0) is 42.0 Å². The molecule has 0 aliphatic carbocycles.